The smallest absolute Gasteiger partial charge is 0.325 e. The lowest BCUT2D eigenvalue weighted by Gasteiger charge is -2.19. The van der Waals surface area contributed by atoms with Gasteiger partial charge in [-0.25, -0.2) is 4.79 Å². The van der Waals surface area contributed by atoms with Gasteiger partial charge in [0.1, 0.15) is 5.54 Å². The summed E-state index contributed by atoms with van der Waals surface area (Å²) in [6.07, 6.45) is 2.97. The lowest BCUT2D eigenvalue weighted by Crippen LogP contribution is -2.44. The summed E-state index contributed by atoms with van der Waals surface area (Å²) < 4.78 is 4.95. The topological polar surface area (TPSA) is 92.8 Å². The van der Waals surface area contributed by atoms with Gasteiger partial charge in [-0.3, -0.25) is 19.3 Å². The fourth-order valence-electron chi connectivity index (χ4n) is 3.33. The Bertz CT molecular complexity index is 695. The second kappa shape index (κ2) is 7.04. The van der Waals surface area contributed by atoms with Gasteiger partial charge < -0.3 is 10.1 Å². The van der Waals surface area contributed by atoms with Gasteiger partial charge in [0.15, 0.2) is 12.4 Å². The first-order chi connectivity index (χ1) is 12.0. The van der Waals surface area contributed by atoms with E-state index in [0.29, 0.717) is 18.4 Å². The maximum Gasteiger partial charge on any atom is 0.325 e. The van der Waals surface area contributed by atoms with E-state index in [1.807, 2.05) is 0 Å². The number of imide groups is 1. The van der Waals surface area contributed by atoms with Crippen molar-refractivity contribution in [1.29, 1.82) is 0 Å². The third-order valence-electron chi connectivity index (χ3n) is 4.70. The summed E-state index contributed by atoms with van der Waals surface area (Å²) in [5.41, 5.74) is -0.308. The molecule has 3 amide bonds. The molecule has 1 saturated heterocycles. The Kier molecular flexibility index (Phi) is 4.83. The number of ketones is 1. The van der Waals surface area contributed by atoms with Gasteiger partial charge in [-0.1, -0.05) is 43.2 Å². The Morgan fingerprint density at radius 3 is 2.48 bits per heavy atom. The third-order valence-corrected chi connectivity index (χ3v) is 4.70. The maximum absolute atomic E-state index is 12.4. The first-order valence-electron chi connectivity index (χ1n) is 8.40. The number of Topliss-reactive ketones (excluding diaryl/α,β-unsaturated/α-hetero) is 1. The first kappa shape index (κ1) is 17.1. The number of nitrogens with zero attached hydrogens (tertiary/aromatic N) is 1. The van der Waals surface area contributed by atoms with Crippen molar-refractivity contribution < 1.29 is 23.9 Å². The normalized spacial score (nSPS) is 18.5. The monoisotopic (exact) mass is 344 g/mol. The van der Waals surface area contributed by atoms with Crippen LogP contribution in [0.5, 0.6) is 0 Å². The van der Waals surface area contributed by atoms with Crippen LogP contribution in [0.3, 0.4) is 0 Å². The van der Waals surface area contributed by atoms with Crippen LogP contribution in [0.1, 0.15) is 42.5 Å². The lowest BCUT2D eigenvalue weighted by molar-refractivity contribution is -0.143. The predicted octanol–water partition coefficient (Wildman–Crippen LogP) is 1.67. The fourth-order valence-corrected chi connectivity index (χ4v) is 3.33. The molecule has 1 heterocycles. The molecule has 2 aliphatic rings. The number of carbonyl (C=O) groups excluding carboxylic acids is 4. The highest BCUT2D eigenvalue weighted by molar-refractivity contribution is 6.07. The Morgan fingerprint density at radius 2 is 1.80 bits per heavy atom. The highest BCUT2D eigenvalue weighted by Crippen LogP contribution is 2.34. The zero-order valence-electron chi connectivity index (χ0n) is 13.8. The fraction of sp³-hybridized carbons (Fsp3) is 0.444. The Balaban J connectivity index is 1.47. The molecule has 1 aromatic carbocycles. The summed E-state index contributed by atoms with van der Waals surface area (Å²) in [4.78, 5) is 49.2. The quantitative estimate of drug-likeness (QED) is 0.481. The molecular formula is C18H20N2O5. The summed E-state index contributed by atoms with van der Waals surface area (Å²) in [5, 5.41) is 2.76. The molecule has 1 N–H and O–H groups in total. The number of hydrogen-bond acceptors (Lipinski definition) is 5. The van der Waals surface area contributed by atoms with E-state index in [0.717, 1.165) is 17.7 Å². The van der Waals surface area contributed by atoms with Crippen LogP contribution in [0, 0.1) is 0 Å². The van der Waals surface area contributed by atoms with E-state index in [9.17, 15) is 19.2 Å². The average molecular weight is 344 g/mol. The molecule has 3 rings (SSSR count). The molecule has 0 unspecified atom stereocenters. The van der Waals surface area contributed by atoms with Crippen molar-refractivity contribution in [1.82, 2.24) is 10.2 Å². The molecule has 7 heteroatoms. The van der Waals surface area contributed by atoms with E-state index in [1.54, 1.807) is 30.3 Å². The van der Waals surface area contributed by atoms with Crippen molar-refractivity contribution in [2.45, 2.75) is 37.6 Å². The molecule has 1 aromatic rings. The van der Waals surface area contributed by atoms with Crippen LogP contribution in [-0.4, -0.2) is 47.3 Å². The van der Waals surface area contributed by atoms with Crippen molar-refractivity contribution in [3.05, 3.63) is 35.9 Å². The highest BCUT2D eigenvalue weighted by atomic mass is 16.5. The van der Waals surface area contributed by atoms with Crippen LogP contribution < -0.4 is 5.32 Å². The molecule has 0 radical (unpaired) electrons. The molecule has 1 aliphatic heterocycles. The molecule has 0 aromatic heterocycles. The summed E-state index contributed by atoms with van der Waals surface area (Å²) >= 11 is 0. The zero-order chi connectivity index (χ0) is 17.9. The van der Waals surface area contributed by atoms with Crippen LogP contribution in [0.25, 0.3) is 0 Å². The van der Waals surface area contributed by atoms with E-state index >= 15 is 0 Å². The summed E-state index contributed by atoms with van der Waals surface area (Å²) in [5.74, 6) is -1.17. The molecule has 1 saturated carbocycles. The van der Waals surface area contributed by atoms with Gasteiger partial charge in [-0.05, 0) is 12.8 Å². The summed E-state index contributed by atoms with van der Waals surface area (Å²) in [6.45, 7) is -0.391. The number of hydrogen-bond donors (Lipinski definition) is 1. The molecule has 1 spiro atoms. The van der Waals surface area contributed by atoms with Crippen molar-refractivity contribution in [3.8, 4) is 0 Å². The minimum absolute atomic E-state index is 0.0369. The van der Waals surface area contributed by atoms with E-state index < -0.39 is 17.5 Å². The number of nitrogens with one attached hydrogen (secondary N) is 1. The van der Waals surface area contributed by atoms with E-state index in [1.165, 1.54) is 0 Å². The SMILES string of the molecule is O=C(CCN1C(=O)NC2(CCCC2)C1=O)OCC(=O)c1ccccc1. The number of amides is 3. The van der Waals surface area contributed by atoms with Crippen LogP contribution in [0.4, 0.5) is 4.79 Å². The third kappa shape index (κ3) is 3.55. The lowest BCUT2D eigenvalue weighted by atomic mass is 9.98. The Hall–Kier alpha value is -2.70. The van der Waals surface area contributed by atoms with Gasteiger partial charge in [0.25, 0.3) is 5.91 Å². The van der Waals surface area contributed by atoms with E-state index in [2.05, 4.69) is 5.32 Å². The van der Waals surface area contributed by atoms with Crippen LogP contribution in [-0.2, 0) is 14.3 Å². The largest absolute Gasteiger partial charge is 0.457 e. The number of rotatable bonds is 6. The van der Waals surface area contributed by atoms with Crippen molar-refractivity contribution in [2.24, 2.45) is 0 Å². The molecule has 7 nitrogen and oxygen atoms in total. The highest BCUT2D eigenvalue weighted by Gasteiger charge is 2.52. The summed E-state index contributed by atoms with van der Waals surface area (Å²) in [7, 11) is 0. The van der Waals surface area contributed by atoms with Gasteiger partial charge in [-0.15, -0.1) is 0 Å². The standard InChI is InChI=1S/C18H20N2O5/c21-14(13-6-2-1-3-7-13)12-25-15(22)8-11-20-16(23)18(19-17(20)24)9-4-5-10-18/h1-3,6-7H,4-5,8-12H2,(H,19,24). The van der Waals surface area contributed by atoms with Crippen LogP contribution >= 0.6 is 0 Å². The van der Waals surface area contributed by atoms with Gasteiger partial charge in [0.05, 0.1) is 6.42 Å². The van der Waals surface area contributed by atoms with Crippen molar-refractivity contribution >= 4 is 23.7 Å². The molecule has 0 bridgehead atoms. The Morgan fingerprint density at radius 1 is 1.12 bits per heavy atom. The maximum atomic E-state index is 12.4. The van der Waals surface area contributed by atoms with E-state index in [4.69, 9.17) is 4.74 Å². The van der Waals surface area contributed by atoms with Crippen molar-refractivity contribution in [2.75, 3.05) is 13.2 Å². The van der Waals surface area contributed by atoms with Gasteiger partial charge >= 0.3 is 12.0 Å². The first-order valence-corrected chi connectivity index (χ1v) is 8.40. The Labute approximate surface area is 145 Å². The van der Waals surface area contributed by atoms with Gasteiger partial charge in [0.2, 0.25) is 0 Å². The van der Waals surface area contributed by atoms with Gasteiger partial charge in [-0.2, -0.15) is 0 Å². The second-order valence-corrected chi connectivity index (χ2v) is 6.38. The predicted molar refractivity (Wildman–Crippen MR) is 87.8 cm³/mol. The second-order valence-electron chi connectivity index (χ2n) is 6.38. The van der Waals surface area contributed by atoms with Crippen LogP contribution in [0.2, 0.25) is 0 Å². The molecule has 1 aliphatic carbocycles. The number of urea groups is 1. The molecular weight excluding hydrogens is 324 g/mol. The molecule has 25 heavy (non-hydrogen) atoms. The number of carbonyl (C=O) groups is 4. The molecule has 132 valence electrons. The number of ether oxygens (including phenoxy) is 1. The minimum Gasteiger partial charge on any atom is -0.457 e. The van der Waals surface area contributed by atoms with Gasteiger partial charge in [0, 0.05) is 12.1 Å². The molecule has 2 fully saturated rings. The van der Waals surface area contributed by atoms with Crippen LogP contribution in [0.15, 0.2) is 30.3 Å². The number of esters is 1. The summed E-state index contributed by atoms with van der Waals surface area (Å²) in [6, 6.07) is 8.07. The zero-order valence-corrected chi connectivity index (χ0v) is 13.8. The van der Waals surface area contributed by atoms with Crippen molar-refractivity contribution in [3.63, 3.8) is 0 Å². The minimum atomic E-state index is -0.774. The average Bonchev–Trinajstić information content (AvgIpc) is 3.18. The molecule has 0 atom stereocenters. The van der Waals surface area contributed by atoms with E-state index in [-0.39, 0.29) is 31.3 Å². The number of benzene rings is 1.